The smallest absolute Gasteiger partial charge is 0.242 e. The van der Waals surface area contributed by atoms with Crippen molar-refractivity contribution in [3.8, 4) is 0 Å². The van der Waals surface area contributed by atoms with Crippen LogP contribution < -0.4 is 0 Å². The minimum absolute atomic E-state index is 0.0397. The average Bonchev–Trinajstić information content (AvgIpc) is 3.19. The van der Waals surface area contributed by atoms with Crippen LogP contribution in [0, 0.1) is 18.8 Å². The van der Waals surface area contributed by atoms with Crippen molar-refractivity contribution in [1.29, 1.82) is 0 Å². The third-order valence-corrected chi connectivity index (χ3v) is 6.87. The first-order valence-electron chi connectivity index (χ1n) is 11.0. The van der Waals surface area contributed by atoms with Crippen molar-refractivity contribution in [2.75, 3.05) is 19.6 Å². The fourth-order valence-corrected chi connectivity index (χ4v) is 5.02. The van der Waals surface area contributed by atoms with Crippen molar-refractivity contribution in [3.63, 3.8) is 0 Å². The molecular formula is C25H34N2O2S. The van der Waals surface area contributed by atoms with Crippen LogP contribution >= 0.6 is 11.3 Å². The molecule has 0 bridgehead atoms. The summed E-state index contributed by atoms with van der Waals surface area (Å²) in [6.07, 6.45) is 1.78. The van der Waals surface area contributed by atoms with E-state index in [0.29, 0.717) is 19.0 Å². The molecule has 0 unspecified atom stereocenters. The number of aryl methyl sites for hydroxylation is 1. The summed E-state index contributed by atoms with van der Waals surface area (Å²) in [6.45, 7) is 11.7. The number of thiophene rings is 1. The summed E-state index contributed by atoms with van der Waals surface area (Å²) in [4.78, 5) is 31.5. The molecule has 1 aliphatic heterocycles. The molecule has 1 atom stereocenters. The molecule has 0 saturated carbocycles. The van der Waals surface area contributed by atoms with E-state index in [2.05, 4.69) is 44.4 Å². The van der Waals surface area contributed by atoms with Crippen molar-refractivity contribution < 1.29 is 9.59 Å². The monoisotopic (exact) mass is 426 g/mol. The van der Waals surface area contributed by atoms with E-state index in [-0.39, 0.29) is 30.3 Å². The highest BCUT2D eigenvalue weighted by atomic mass is 32.1. The Bertz CT molecular complexity index is 887. The fourth-order valence-electron chi connectivity index (χ4n) is 4.11. The Hall–Kier alpha value is -2.14. The van der Waals surface area contributed by atoms with Crippen LogP contribution in [0.1, 0.15) is 61.7 Å². The summed E-state index contributed by atoms with van der Waals surface area (Å²) in [7, 11) is 0. The van der Waals surface area contributed by atoms with Gasteiger partial charge in [-0.1, -0.05) is 52.0 Å². The number of amides is 2. The number of benzene rings is 1. The maximum atomic E-state index is 13.5. The number of carbonyl (C=O) groups excluding carboxylic acids is 2. The number of hydrogen-bond donors (Lipinski definition) is 0. The van der Waals surface area contributed by atoms with E-state index >= 15 is 0 Å². The molecule has 1 aromatic carbocycles. The molecule has 0 aliphatic carbocycles. The maximum absolute atomic E-state index is 13.5. The van der Waals surface area contributed by atoms with Crippen LogP contribution in [0.5, 0.6) is 0 Å². The zero-order chi connectivity index (χ0) is 21.8. The van der Waals surface area contributed by atoms with E-state index in [4.69, 9.17) is 0 Å². The molecule has 1 aromatic heterocycles. The van der Waals surface area contributed by atoms with Gasteiger partial charge in [-0.2, -0.15) is 0 Å². The van der Waals surface area contributed by atoms with Gasteiger partial charge >= 0.3 is 0 Å². The molecule has 0 spiro atoms. The van der Waals surface area contributed by atoms with Gasteiger partial charge in [0.2, 0.25) is 11.8 Å². The lowest BCUT2D eigenvalue weighted by Crippen LogP contribution is -2.48. The summed E-state index contributed by atoms with van der Waals surface area (Å²) in [5.41, 5.74) is 3.60. The highest BCUT2D eigenvalue weighted by Crippen LogP contribution is 2.39. The van der Waals surface area contributed by atoms with Gasteiger partial charge in [0.15, 0.2) is 0 Å². The average molecular weight is 427 g/mol. The summed E-state index contributed by atoms with van der Waals surface area (Å²) in [5.74, 6) is 0.482. The number of rotatable bonds is 7. The van der Waals surface area contributed by atoms with Gasteiger partial charge in [0.05, 0.1) is 12.6 Å². The first-order valence-corrected chi connectivity index (χ1v) is 11.9. The summed E-state index contributed by atoms with van der Waals surface area (Å²) >= 11 is 1.77. The molecule has 0 fully saturated rings. The molecule has 2 amide bonds. The molecule has 162 valence electrons. The van der Waals surface area contributed by atoms with Crippen molar-refractivity contribution in [1.82, 2.24) is 9.80 Å². The standard InChI is InChI=1S/C25H34N2O2S/c1-17(2)10-13-26(25(29)18(3)4)16-23(28)27-14-11-22-21(12-15-30-22)24(27)20-9-7-6-8-19(20)5/h6-9,12,15,17-18,24H,10-11,13-14,16H2,1-5H3/t24-/m0/s1. The van der Waals surface area contributed by atoms with Crippen molar-refractivity contribution in [3.05, 3.63) is 57.3 Å². The maximum Gasteiger partial charge on any atom is 0.242 e. The van der Waals surface area contributed by atoms with Crippen molar-refractivity contribution in [2.24, 2.45) is 11.8 Å². The number of hydrogen-bond acceptors (Lipinski definition) is 3. The highest BCUT2D eigenvalue weighted by Gasteiger charge is 2.34. The lowest BCUT2D eigenvalue weighted by atomic mass is 9.90. The Morgan fingerprint density at radius 3 is 2.53 bits per heavy atom. The molecule has 5 heteroatoms. The number of carbonyl (C=O) groups is 2. The van der Waals surface area contributed by atoms with Gasteiger partial charge < -0.3 is 9.80 Å². The molecule has 2 aromatic rings. The first-order chi connectivity index (χ1) is 14.3. The molecular weight excluding hydrogens is 392 g/mol. The zero-order valence-electron chi connectivity index (χ0n) is 18.9. The van der Waals surface area contributed by atoms with E-state index in [0.717, 1.165) is 12.8 Å². The van der Waals surface area contributed by atoms with Gasteiger partial charge in [-0.05, 0) is 53.8 Å². The topological polar surface area (TPSA) is 40.6 Å². The van der Waals surface area contributed by atoms with Crippen molar-refractivity contribution in [2.45, 2.75) is 53.5 Å². The van der Waals surface area contributed by atoms with Crippen LogP contribution in [0.15, 0.2) is 35.7 Å². The van der Waals surface area contributed by atoms with Crippen LogP contribution in [0.3, 0.4) is 0 Å². The second-order valence-electron chi connectivity index (χ2n) is 8.99. The van der Waals surface area contributed by atoms with Crippen LogP contribution in [-0.2, 0) is 16.0 Å². The molecule has 4 nitrogen and oxygen atoms in total. The lowest BCUT2D eigenvalue weighted by molar-refractivity contribution is -0.143. The van der Waals surface area contributed by atoms with E-state index in [1.54, 1.807) is 16.2 Å². The fraction of sp³-hybridized carbons (Fsp3) is 0.520. The largest absolute Gasteiger partial charge is 0.333 e. The van der Waals surface area contributed by atoms with Crippen LogP contribution in [0.25, 0.3) is 0 Å². The van der Waals surface area contributed by atoms with E-state index in [1.807, 2.05) is 30.9 Å². The van der Waals surface area contributed by atoms with E-state index in [1.165, 1.54) is 21.6 Å². The predicted molar refractivity (Wildman–Crippen MR) is 124 cm³/mol. The SMILES string of the molecule is Cc1ccccc1[C@H]1c2ccsc2CCN1C(=O)CN(CCC(C)C)C(=O)C(C)C. The van der Waals surface area contributed by atoms with Gasteiger partial charge in [-0.25, -0.2) is 0 Å². The molecule has 3 rings (SSSR count). The summed E-state index contributed by atoms with van der Waals surface area (Å²) < 4.78 is 0. The predicted octanol–water partition coefficient (Wildman–Crippen LogP) is 5.06. The normalized spacial score (nSPS) is 16.1. The number of nitrogens with zero attached hydrogens (tertiary/aromatic N) is 2. The Labute approximate surface area is 184 Å². The Balaban J connectivity index is 1.89. The third-order valence-electron chi connectivity index (χ3n) is 5.88. The second-order valence-corrected chi connectivity index (χ2v) is 9.99. The number of fused-ring (bicyclic) bond motifs is 1. The Morgan fingerprint density at radius 2 is 1.87 bits per heavy atom. The zero-order valence-corrected chi connectivity index (χ0v) is 19.7. The quantitative estimate of drug-likeness (QED) is 0.621. The summed E-state index contributed by atoms with van der Waals surface area (Å²) in [6, 6.07) is 10.4. The summed E-state index contributed by atoms with van der Waals surface area (Å²) in [5, 5.41) is 2.13. The molecule has 0 N–H and O–H groups in total. The minimum Gasteiger partial charge on any atom is -0.333 e. The molecule has 2 heterocycles. The third kappa shape index (κ3) is 4.94. The lowest BCUT2D eigenvalue weighted by Gasteiger charge is -2.38. The second kappa shape index (κ2) is 9.78. The van der Waals surface area contributed by atoms with E-state index in [9.17, 15) is 9.59 Å². The minimum atomic E-state index is -0.109. The van der Waals surface area contributed by atoms with Gasteiger partial charge in [-0.3, -0.25) is 9.59 Å². The van der Waals surface area contributed by atoms with Crippen molar-refractivity contribution >= 4 is 23.2 Å². The van der Waals surface area contributed by atoms with Gasteiger partial charge in [-0.15, -0.1) is 11.3 Å². The molecule has 1 aliphatic rings. The molecule has 30 heavy (non-hydrogen) atoms. The van der Waals surface area contributed by atoms with E-state index < -0.39 is 0 Å². The van der Waals surface area contributed by atoms with Crippen LogP contribution in [0.4, 0.5) is 0 Å². The van der Waals surface area contributed by atoms with Crippen LogP contribution in [0.2, 0.25) is 0 Å². The first kappa shape index (κ1) is 22.5. The van der Waals surface area contributed by atoms with Gasteiger partial charge in [0.25, 0.3) is 0 Å². The Morgan fingerprint density at radius 1 is 1.13 bits per heavy atom. The van der Waals surface area contributed by atoms with Crippen LogP contribution in [-0.4, -0.2) is 41.2 Å². The molecule has 0 saturated heterocycles. The van der Waals surface area contributed by atoms with Gasteiger partial charge in [0, 0.05) is 23.9 Å². The highest BCUT2D eigenvalue weighted by molar-refractivity contribution is 7.10. The van der Waals surface area contributed by atoms with Gasteiger partial charge in [0.1, 0.15) is 0 Å². The molecule has 0 radical (unpaired) electrons. The Kier molecular flexibility index (Phi) is 7.35.